The molecule has 0 saturated heterocycles. The lowest BCUT2D eigenvalue weighted by molar-refractivity contribution is 0.0218. The van der Waals surface area contributed by atoms with Gasteiger partial charge in [0.15, 0.2) is 11.6 Å². The normalized spacial score (nSPS) is 16.7. The zero-order valence-corrected chi connectivity index (χ0v) is 19.6. The molecule has 34 heavy (non-hydrogen) atoms. The van der Waals surface area contributed by atoms with E-state index >= 15 is 0 Å². The van der Waals surface area contributed by atoms with Crippen LogP contribution in [0.15, 0.2) is 70.5 Å². The third kappa shape index (κ3) is 3.55. The highest BCUT2D eigenvalue weighted by atomic mass is 35.5. The zero-order chi connectivity index (χ0) is 23.2. The number of rotatable bonds is 5. The minimum atomic E-state index is -0.0868. The molecule has 0 amide bonds. The van der Waals surface area contributed by atoms with E-state index in [0.717, 1.165) is 39.7 Å². The second-order valence-corrected chi connectivity index (χ2v) is 8.95. The van der Waals surface area contributed by atoms with Crippen molar-refractivity contribution < 1.29 is 9.26 Å². The number of aryl methyl sites for hydroxylation is 1. The van der Waals surface area contributed by atoms with E-state index < -0.39 is 0 Å². The van der Waals surface area contributed by atoms with Gasteiger partial charge in [-0.05, 0) is 30.7 Å². The number of halogens is 1. The molecule has 0 saturated carbocycles. The molecule has 0 bridgehead atoms. The van der Waals surface area contributed by atoms with E-state index in [1.165, 1.54) is 0 Å². The van der Waals surface area contributed by atoms with Gasteiger partial charge in [0, 0.05) is 23.7 Å². The largest absolute Gasteiger partial charge is 0.373 e. The molecule has 0 radical (unpaired) electrons. The average Bonchev–Trinajstić information content (AvgIpc) is 3.51. The second-order valence-electron chi connectivity index (χ2n) is 8.51. The van der Waals surface area contributed by atoms with Gasteiger partial charge in [-0.25, -0.2) is 4.98 Å². The first-order valence-electron chi connectivity index (χ1n) is 11.1. The van der Waals surface area contributed by atoms with Gasteiger partial charge in [0.1, 0.15) is 18.2 Å². The van der Waals surface area contributed by atoms with Gasteiger partial charge in [-0.2, -0.15) is 5.10 Å². The smallest absolute Gasteiger partial charge is 0.187 e. The van der Waals surface area contributed by atoms with Crippen molar-refractivity contribution in [3.05, 3.63) is 88.5 Å². The predicted octanol–water partition coefficient (Wildman–Crippen LogP) is 4.45. The van der Waals surface area contributed by atoms with Crippen LogP contribution in [0.5, 0.6) is 0 Å². The highest BCUT2D eigenvalue weighted by molar-refractivity contribution is 6.31. The Morgan fingerprint density at radius 1 is 1.15 bits per heavy atom. The van der Waals surface area contributed by atoms with E-state index in [1.807, 2.05) is 67.8 Å². The zero-order valence-electron chi connectivity index (χ0n) is 18.8. The van der Waals surface area contributed by atoms with Crippen LogP contribution in [0.2, 0.25) is 5.02 Å². The fourth-order valence-corrected chi connectivity index (χ4v) is 4.70. The number of aromatic nitrogens is 3. The number of benzene rings is 2. The Bertz CT molecular complexity index is 1380. The molecule has 0 fully saturated rings. The SMILES string of the molecule is Cc1cc(-c2ncn3c2CN2C(=NN(C)C2COCc2ccccc2)c2cc(Cl)ccc2-3)on1. The molecule has 8 nitrogen and oxygen atoms in total. The first-order valence-corrected chi connectivity index (χ1v) is 11.5. The number of likely N-dealkylation sites (N-methyl/N-ethyl adjacent to an activating group) is 1. The van der Waals surface area contributed by atoms with Gasteiger partial charge in [-0.15, -0.1) is 0 Å². The molecule has 0 aliphatic carbocycles. The molecule has 0 N–H and O–H groups in total. The van der Waals surface area contributed by atoms with Gasteiger partial charge in [0.25, 0.3) is 0 Å². The number of amidine groups is 1. The van der Waals surface area contributed by atoms with Crippen LogP contribution in [0.1, 0.15) is 22.5 Å². The van der Waals surface area contributed by atoms with Gasteiger partial charge in [-0.3, -0.25) is 9.58 Å². The van der Waals surface area contributed by atoms with Crippen LogP contribution in [0.3, 0.4) is 0 Å². The number of hydrogen-bond acceptors (Lipinski definition) is 7. The maximum atomic E-state index is 6.42. The maximum absolute atomic E-state index is 6.42. The third-order valence-corrected chi connectivity index (χ3v) is 6.44. The lowest BCUT2D eigenvalue weighted by Crippen LogP contribution is -2.43. The topological polar surface area (TPSA) is 71.9 Å². The molecule has 0 spiro atoms. The van der Waals surface area contributed by atoms with Crippen LogP contribution in [0.4, 0.5) is 0 Å². The molecule has 6 rings (SSSR count). The van der Waals surface area contributed by atoms with Crippen LogP contribution >= 0.6 is 11.6 Å². The first-order chi connectivity index (χ1) is 16.6. The van der Waals surface area contributed by atoms with Gasteiger partial charge in [0.05, 0.1) is 36.8 Å². The molecular weight excluding hydrogens is 452 g/mol. The molecule has 172 valence electrons. The average molecular weight is 475 g/mol. The summed E-state index contributed by atoms with van der Waals surface area (Å²) in [7, 11) is 1.97. The fraction of sp³-hybridized carbons (Fsp3) is 0.240. The van der Waals surface area contributed by atoms with Crippen molar-refractivity contribution in [2.75, 3.05) is 13.7 Å². The molecular formula is C25H23ClN6O2. The van der Waals surface area contributed by atoms with E-state index in [2.05, 4.69) is 31.7 Å². The van der Waals surface area contributed by atoms with Gasteiger partial charge in [-0.1, -0.05) is 47.1 Å². The molecule has 2 aromatic carbocycles. The summed E-state index contributed by atoms with van der Waals surface area (Å²) in [6.07, 6.45) is 1.74. The summed E-state index contributed by atoms with van der Waals surface area (Å²) < 4.78 is 13.8. The molecule has 4 heterocycles. The maximum Gasteiger partial charge on any atom is 0.187 e. The van der Waals surface area contributed by atoms with E-state index in [1.54, 1.807) is 0 Å². The number of imidazole rings is 1. The van der Waals surface area contributed by atoms with Crippen LogP contribution in [0, 0.1) is 6.92 Å². The Hall–Kier alpha value is -3.62. The molecule has 4 aromatic rings. The monoisotopic (exact) mass is 474 g/mol. The van der Waals surface area contributed by atoms with Crippen LogP contribution < -0.4 is 0 Å². The van der Waals surface area contributed by atoms with Crippen molar-refractivity contribution in [3.63, 3.8) is 0 Å². The van der Waals surface area contributed by atoms with E-state index in [-0.39, 0.29) is 6.17 Å². The molecule has 9 heteroatoms. The number of nitrogens with zero attached hydrogens (tertiary/aromatic N) is 6. The van der Waals surface area contributed by atoms with Crippen molar-refractivity contribution in [1.29, 1.82) is 0 Å². The third-order valence-electron chi connectivity index (χ3n) is 6.20. The Kier molecular flexibility index (Phi) is 5.12. The molecule has 1 unspecified atom stereocenters. The van der Waals surface area contributed by atoms with Gasteiger partial charge in [0.2, 0.25) is 0 Å². The minimum Gasteiger partial charge on any atom is -0.373 e. The first kappa shape index (κ1) is 20.9. The van der Waals surface area contributed by atoms with Crippen molar-refractivity contribution >= 4 is 17.4 Å². The van der Waals surface area contributed by atoms with Crippen molar-refractivity contribution in [1.82, 2.24) is 24.6 Å². The second kappa shape index (κ2) is 8.30. The Morgan fingerprint density at radius 2 is 2.00 bits per heavy atom. The summed E-state index contributed by atoms with van der Waals surface area (Å²) in [6.45, 7) is 3.50. The van der Waals surface area contributed by atoms with Crippen LogP contribution in [-0.2, 0) is 17.9 Å². The highest BCUT2D eigenvalue weighted by Crippen LogP contribution is 2.35. The quantitative estimate of drug-likeness (QED) is 0.425. The molecule has 2 aromatic heterocycles. The standard InChI is InChI=1S/C25H23ClN6O2/c1-16-10-22(34-29-16)24-21-12-31-23(14-33-13-17-6-4-3-5-7-17)30(2)28-25(31)19-11-18(26)8-9-20(19)32(21)15-27-24/h3-11,15,23H,12-14H2,1-2H3. The molecule has 1 atom stereocenters. The predicted molar refractivity (Wildman–Crippen MR) is 129 cm³/mol. The number of fused-ring (bicyclic) bond motifs is 5. The number of hydrogen-bond donors (Lipinski definition) is 0. The fourth-order valence-electron chi connectivity index (χ4n) is 4.53. The minimum absolute atomic E-state index is 0.0868. The molecule has 2 aliphatic heterocycles. The van der Waals surface area contributed by atoms with Crippen molar-refractivity contribution in [3.8, 4) is 17.1 Å². The van der Waals surface area contributed by atoms with E-state index in [9.17, 15) is 0 Å². The summed E-state index contributed by atoms with van der Waals surface area (Å²) in [5.74, 6) is 1.50. The van der Waals surface area contributed by atoms with Gasteiger partial charge < -0.3 is 14.2 Å². The number of ether oxygens (including phenoxy) is 1. The molecule has 2 aliphatic rings. The lowest BCUT2D eigenvalue weighted by Gasteiger charge is -2.29. The van der Waals surface area contributed by atoms with E-state index in [0.29, 0.717) is 30.5 Å². The van der Waals surface area contributed by atoms with Crippen molar-refractivity contribution in [2.45, 2.75) is 26.2 Å². The summed E-state index contributed by atoms with van der Waals surface area (Å²) in [5, 5.41) is 11.6. The highest BCUT2D eigenvalue weighted by Gasteiger charge is 2.38. The number of hydrazone groups is 1. The Morgan fingerprint density at radius 3 is 2.79 bits per heavy atom. The van der Waals surface area contributed by atoms with Crippen LogP contribution in [-0.4, -0.2) is 50.3 Å². The summed E-state index contributed by atoms with van der Waals surface area (Å²) >= 11 is 6.42. The van der Waals surface area contributed by atoms with Gasteiger partial charge >= 0.3 is 0 Å². The Balaban J connectivity index is 1.38. The summed E-state index contributed by atoms with van der Waals surface area (Å²) in [6, 6.07) is 17.9. The Labute approximate surface area is 202 Å². The van der Waals surface area contributed by atoms with E-state index in [4.69, 9.17) is 26.0 Å². The summed E-state index contributed by atoms with van der Waals surface area (Å²) in [4.78, 5) is 6.93. The van der Waals surface area contributed by atoms with Crippen molar-refractivity contribution in [2.24, 2.45) is 5.10 Å². The lowest BCUT2D eigenvalue weighted by atomic mass is 10.1. The summed E-state index contributed by atoms with van der Waals surface area (Å²) in [5.41, 5.74) is 5.62. The van der Waals surface area contributed by atoms with Crippen LogP contribution in [0.25, 0.3) is 17.1 Å².